The molecule has 3 N–H and O–H groups in total. The summed E-state index contributed by atoms with van der Waals surface area (Å²) in [6.07, 6.45) is 4.48. The number of pyridine rings is 1. The van der Waals surface area contributed by atoms with E-state index in [1.807, 2.05) is 18.2 Å². The van der Waals surface area contributed by atoms with Crippen LogP contribution in [0.5, 0.6) is 0 Å². The first-order chi connectivity index (χ1) is 16.4. The van der Waals surface area contributed by atoms with Crippen LogP contribution in [0.15, 0.2) is 47.4 Å². The zero-order valence-corrected chi connectivity index (χ0v) is 19.2. The molecule has 174 valence electrons. The summed E-state index contributed by atoms with van der Waals surface area (Å²) >= 11 is 0. The Morgan fingerprint density at radius 1 is 1.15 bits per heavy atom. The number of hydrogen-bond donors (Lipinski definition) is 3. The molecule has 0 spiro atoms. The normalized spacial score (nSPS) is 16.0. The molecule has 34 heavy (non-hydrogen) atoms. The first kappa shape index (κ1) is 21.0. The van der Waals surface area contributed by atoms with Gasteiger partial charge in [-0.15, -0.1) is 0 Å². The average molecular weight is 458 g/mol. The standard InChI is InChI=1S/C25H27N7O2/c1-25(2,34)20-4-3-5-21(29-20)32-22-19(23(33)31(32)18-8-9-18)14-27-24(30-22)28-17-7-6-15-10-11-26-13-16(15)12-17/h3-7,12,14,18,26,34H,8-11,13H2,1-2H3,(H,27,28,30). The van der Waals surface area contributed by atoms with E-state index in [-0.39, 0.29) is 11.6 Å². The summed E-state index contributed by atoms with van der Waals surface area (Å²) in [6.45, 7) is 5.23. The van der Waals surface area contributed by atoms with Crippen LogP contribution >= 0.6 is 0 Å². The summed E-state index contributed by atoms with van der Waals surface area (Å²) in [7, 11) is 0. The molecule has 0 saturated heterocycles. The molecule has 0 unspecified atom stereocenters. The smallest absolute Gasteiger partial charge is 0.278 e. The summed E-state index contributed by atoms with van der Waals surface area (Å²) < 4.78 is 3.50. The van der Waals surface area contributed by atoms with Gasteiger partial charge >= 0.3 is 0 Å². The maximum absolute atomic E-state index is 13.3. The van der Waals surface area contributed by atoms with Gasteiger partial charge < -0.3 is 15.7 Å². The molecule has 3 aromatic heterocycles. The van der Waals surface area contributed by atoms with E-state index in [4.69, 9.17) is 4.98 Å². The average Bonchev–Trinajstić information content (AvgIpc) is 3.62. The Bertz CT molecular complexity index is 1460. The molecule has 9 nitrogen and oxygen atoms in total. The van der Waals surface area contributed by atoms with Gasteiger partial charge in [0.25, 0.3) is 5.56 Å². The van der Waals surface area contributed by atoms with Gasteiger partial charge in [-0.1, -0.05) is 12.1 Å². The lowest BCUT2D eigenvalue weighted by Crippen LogP contribution is -2.23. The fourth-order valence-corrected chi connectivity index (χ4v) is 4.50. The predicted octanol–water partition coefficient (Wildman–Crippen LogP) is 2.93. The monoisotopic (exact) mass is 457 g/mol. The largest absolute Gasteiger partial charge is 0.384 e. The van der Waals surface area contributed by atoms with Crippen molar-refractivity contribution in [3.05, 3.63) is 69.8 Å². The number of anilines is 2. The minimum atomic E-state index is -1.10. The Kier molecular flexibility index (Phi) is 4.79. The fraction of sp³-hybridized carbons (Fsp3) is 0.360. The van der Waals surface area contributed by atoms with E-state index < -0.39 is 5.60 Å². The highest BCUT2D eigenvalue weighted by Gasteiger charge is 2.31. The van der Waals surface area contributed by atoms with Gasteiger partial charge in [-0.2, -0.15) is 4.98 Å². The third-order valence-corrected chi connectivity index (χ3v) is 6.44. The Morgan fingerprint density at radius 2 is 2.00 bits per heavy atom. The number of nitrogens with one attached hydrogen (secondary N) is 2. The first-order valence-corrected chi connectivity index (χ1v) is 11.7. The molecule has 1 fully saturated rings. The van der Waals surface area contributed by atoms with Crippen molar-refractivity contribution < 1.29 is 5.11 Å². The number of hydrogen-bond acceptors (Lipinski definition) is 7. The first-order valence-electron chi connectivity index (χ1n) is 11.7. The second-order valence-electron chi connectivity index (χ2n) is 9.60. The van der Waals surface area contributed by atoms with Crippen molar-refractivity contribution in [2.24, 2.45) is 0 Å². The number of aromatic nitrogens is 5. The van der Waals surface area contributed by atoms with Gasteiger partial charge in [0.1, 0.15) is 11.0 Å². The van der Waals surface area contributed by atoms with Crippen LogP contribution in [0.3, 0.4) is 0 Å². The van der Waals surface area contributed by atoms with Crippen molar-refractivity contribution >= 4 is 22.7 Å². The van der Waals surface area contributed by atoms with E-state index in [1.54, 1.807) is 35.5 Å². The molecule has 4 aromatic rings. The highest BCUT2D eigenvalue weighted by molar-refractivity contribution is 5.77. The summed E-state index contributed by atoms with van der Waals surface area (Å²) in [5, 5.41) is 17.6. The van der Waals surface area contributed by atoms with Crippen molar-refractivity contribution in [3.63, 3.8) is 0 Å². The lowest BCUT2D eigenvalue weighted by molar-refractivity contribution is 0.0738. The Balaban J connectivity index is 1.46. The highest BCUT2D eigenvalue weighted by atomic mass is 16.3. The van der Waals surface area contributed by atoms with Crippen molar-refractivity contribution in [1.29, 1.82) is 0 Å². The quantitative estimate of drug-likeness (QED) is 0.423. The van der Waals surface area contributed by atoms with Crippen LogP contribution in [0, 0.1) is 0 Å². The Hall–Kier alpha value is -3.56. The maximum Gasteiger partial charge on any atom is 0.278 e. The Labute approximate surface area is 196 Å². The van der Waals surface area contributed by atoms with Gasteiger partial charge in [-0.25, -0.2) is 19.3 Å². The van der Waals surface area contributed by atoms with Crippen LogP contribution in [0.1, 0.15) is 49.6 Å². The van der Waals surface area contributed by atoms with Gasteiger partial charge in [-0.05, 0) is 75.0 Å². The van der Waals surface area contributed by atoms with E-state index in [0.717, 1.165) is 38.0 Å². The van der Waals surface area contributed by atoms with Gasteiger partial charge in [0.2, 0.25) is 5.95 Å². The topological polar surface area (TPSA) is 110 Å². The summed E-state index contributed by atoms with van der Waals surface area (Å²) in [4.78, 5) is 27.1. The molecule has 0 amide bonds. The van der Waals surface area contributed by atoms with Crippen LogP contribution < -0.4 is 16.2 Å². The van der Waals surface area contributed by atoms with Crippen molar-refractivity contribution in [1.82, 2.24) is 29.6 Å². The molecular formula is C25H27N7O2. The lowest BCUT2D eigenvalue weighted by Gasteiger charge is -2.19. The molecule has 0 atom stereocenters. The van der Waals surface area contributed by atoms with Crippen LogP contribution in [0.2, 0.25) is 0 Å². The molecule has 1 aliphatic heterocycles. The molecule has 4 heterocycles. The summed E-state index contributed by atoms with van der Waals surface area (Å²) in [5.41, 5.74) is 3.31. The third kappa shape index (κ3) is 3.66. The molecule has 1 aliphatic carbocycles. The predicted molar refractivity (Wildman–Crippen MR) is 130 cm³/mol. The summed E-state index contributed by atoms with van der Waals surface area (Å²) in [6, 6.07) is 11.9. The van der Waals surface area contributed by atoms with E-state index in [2.05, 4.69) is 32.7 Å². The molecule has 9 heteroatoms. The maximum atomic E-state index is 13.3. The van der Waals surface area contributed by atoms with E-state index in [9.17, 15) is 9.90 Å². The van der Waals surface area contributed by atoms with Gasteiger partial charge in [0.05, 0.1) is 11.7 Å². The zero-order chi connectivity index (χ0) is 23.4. The van der Waals surface area contributed by atoms with E-state index >= 15 is 0 Å². The zero-order valence-electron chi connectivity index (χ0n) is 19.2. The molecule has 2 aliphatic rings. The second kappa shape index (κ2) is 7.75. The Morgan fingerprint density at radius 3 is 2.79 bits per heavy atom. The van der Waals surface area contributed by atoms with Gasteiger partial charge in [-0.3, -0.25) is 4.79 Å². The molecule has 1 saturated carbocycles. The summed E-state index contributed by atoms with van der Waals surface area (Å²) in [5.74, 6) is 0.958. The van der Waals surface area contributed by atoms with Crippen LogP contribution in [-0.2, 0) is 18.6 Å². The van der Waals surface area contributed by atoms with E-state index in [1.165, 1.54) is 11.1 Å². The molecule has 0 radical (unpaired) electrons. The SMILES string of the molecule is CC(C)(O)c1cccc(-n2c3nc(Nc4ccc5c(c4)CNCC5)ncc3c(=O)n2C2CC2)n1. The van der Waals surface area contributed by atoms with Crippen molar-refractivity contribution in [2.75, 3.05) is 11.9 Å². The van der Waals surface area contributed by atoms with Crippen LogP contribution in [-0.4, -0.2) is 36.0 Å². The number of fused-ring (bicyclic) bond motifs is 2. The fourth-order valence-electron chi connectivity index (χ4n) is 4.50. The van der Waals surface area contributed by atoms with Crippen molar-refractivity contribution in [2.45, 2.75) is 51.3 Å². The molecule has 6 rings (SSSR count). The van der Waals surface area contributed by atoms with Gasteiger partial charge in [0.15, 0.2) is 11.5 Å². The number of benzene rings is 1. The number of rotatable bonds is 5. The number of nitrogens with zero attached hydrogens (tertiary/aromatic N) is 5. The van der Waals surface area contributed by atoms with E-state index in [0.29, 0.717) is 28.5 Å². The van der Waals surface area contributed by atoms with Gasteiger partial charge in [0, 0.05) is 18.4 Å². The minimum absolute atomic E-state index is 0.110. The van der Waals surface area contributed by atoms with Crippen molar-refractivity contribution in [3.8, 4) is 5.82 Å². The highest BCUT2D eigenvalue weighted by Crippen LogP contribution is 2.35. The van der Waals surface area contributed by atoms with Crippen LogP contribution in [0.25, 0.3) is 16.9 Å². The molecule has 1 aromatic carbocycles. The van der Waals surface area contributed by atoms with Crippen LogP contribution in [0.4, 0.5) is 11.6 Å². The molecule has 0 bridgehead atoms. The second-order valence-corrected chi connectivity index (χ2v) is 9.60. The minimum Gasteiger partial charge on any atom is -0.384 e. The lowest BCUT2D eigenvalue weighted by atomic mass is 10.0. The molecular weight excluding hydrogens is 430 g/mol. The third-order valence-electron chi connectivity index (χ3n) is 6.44. The number of aliphatic hydroxyl groups is 1.